The van der Waals surface area contributed by atoms with Gasteiger partial charge in [0.15, 0.2) is 0 Å². The van der Waals surface area contributed by atoms with E-state index in [4.69, 9.17) is 0 Å². The first kappa shape index (κ1) is 14.5. The first-order valence-electron chi connectivity index (χ1n) is 6.51. The average molecular weight is 291 g/mol. The first-order valence-corrected chi connectivity index (χ1v) is 7.33. The number of carbonyl (C=O) groups excluding carboxylic acids is 1. The summed E-state index contributed by atoms with van der Waals surface area (Å²) in [6, 6.07) is 5.94. The van der Waals surface area contributed by atoms with Crippen molar-refractivity contribution in [2.24, 2.45) is 0 Å². The maximum atomic E-state index is 11.3. The van der Waals surface area contributed by atoms with Crippen LogP contribution in [0, 0.1) is 0 Å². The zero-order valence-corrected chi connectivity index (χ0v) is 12.5. The molecule has 0 aliphatic heterocycles. The molecule has 5 heteroatoms. The summed E-state index contributed by atoms with van der Waals surface area (Å²) in [7, 11) is 0. The number of thiophene rings is 1. The van der Waals surface area contributed by atoms with Gasteiger partial charge in [-0.1, -0.05) is 19.9 Å². The Morgan fingerprint density at radius 2 is 2.10 bits per heavy atom. The molecule has 1 aromatic carbocycles. The predicted molar refractivity (Wildman–Crippen MR) is 81.8 cm³/mol. The number of fused-ring (bicyclic) bond motifs is 1. The fourth-order valence-electron chi connectivity index (χ4n) is 2.11. The molecule has 1 unspecified atom stereocenters. The topological polar surface area (TPSA) is 66.4 Å². The number of carbonyl (C=O) groups is 2. The monoisotopic (exact) mass is 291 g/mol. The quantitative estimate of drug-likeness (QED) is 0.892. The van der Waals surface area contributed by atoms with Crippen LogP contribution in [0.15, 0.2) is 18.2 Å². The predicted octanol–water partition coefficient (Wildman–Crippen LogP) is 4.07. The molecule has 2 rings (SSSR count). The summed E-state index contributed by atoms with van der Waals surface area (Å²) in [5, 5.41) is 12.7. The lowest BCUT2D eigenvalue weighted by Gasteiger charge is -2.09. The number of nitrogens with one attached hydrogen (secondary N) is 1. The summed E-state index contributed by atoms with van der Waals surface area (Å²) < 4.78 is 0.873. The third-order valence-corrected chi connectivity index (χ3v) is 4.55. The molecule has 4 nitrogen and oxygen atoms in total. The molecular weight excluding hydrogens is 274 g/mol. The first-order chi connectivity index (χ1) is 9.43. The summed E-state index contributed by atoms with van der Waals surface area (Å²) in [5.41, 5.74) is 1.57. The van der Waals surface area contributed by atoms with E-state index >= 15 is 0 Å². The normalized spacial score (nSPS) is 12.3. The molecule has 0 bridgehead atoms. The number of carboxylic acid groups (broad SMARTS) is 1. The van der Waals surface area contributed by atoms with Gasteiger partial charge < -0.3 is 10.4 Å². The molecule has 0 radical (unpaired) electrons. The van der Waals surface area contributed by atoms with Crippen molar-refractivity contribution in [3.63, 3.8) is 0 Å². The Kier molecular flexibility index (Phi) is 4.09. The molecule has 106 valence electrons. The zero-order chi connectivity index (χ0) is 14.9. The van der Waals surface area contributed by atoms with Crippen molar-refractivity contribution in [3.8, 4) is 0 Å². The van der Waals surface area contributed by atoms with E-state index in [1.165, 1.54) is 18.3 Å². The van der Waals surface area contributed by atoms with Gasteiger partial charge in [-0.15, -0.1) is 11.3 Å². The number of benzene rings is 1. The standard InChI is InChI=1S/C15H17NO3S/c1-4-8(2)10-5-6-12-11(7-10)13(16-9(3)17)14(20-12)15(18)19/h5-8H,4H2,1-3H3,(H,16,17)(H,18,19). The summed E-state index contributed by atoms with van der Waals surface area (Å²) in [6.07, 6.45) is 1.01. The second-order valence-electron chi connectivity index (χ2n) is 4.86. The highest BCUT2D eigenvalue weighted by Gasteiger charge is 2.19. The molecule has 2 aromatic rings. The van der Waals surface area contributed by atoms with Gasteiger partial charge in [0, 0.05) is 17.0 Å². The summed E-state index contributed by atoms with van der Waals surface area (Å²) in [5.74, 6) is -0.876. The van der Waals surface area contributed by atoms with Crippen LogP contribution in [0.5, 0.6) is 0 Å². The number of amides is 1. The SMILES string of the molecule is CCC(C)c1ccc2sc(C(=O)O)c(NC(C)=O)c2c1. The van der Waals surface area contributed by atoms with Gasteiger partial charge in [-0.2, -0.15) is 0 Å². The molecule has 1 atom stereocenters. The summed E-state index contributed by atoms with van der Waals surface area (Å²) >= 11 is 1.19. The lowest BCUT2D eigenvalue weighted by atomic mass is 9.97. The van der Waals surface area contributed by atoms with Crippen LogP contribution in [0.3, 0.4) is 0 Å². The molecule has 0 saturated heterocycles. The zero-order valence-electron chi connectivity index (χ0n) is 11.7. The minimum Gasteiger partial charge on any atom is -0.477 e. The van der Waals surface area contributed by atoms with Crippen molar-refractivity contribution in [1.82, 2.24) is 0 Å². The largest absolute Gasteiger partial charge is 0.477 e. The number of aromatic carboxylic acids is 1. The van der Waals surface area contributed by atoms with Crippen LogP contribution in [-0.4, -0.2) is 17.0 Å². The van der Waals surface area contributed by atoms with Crippen LogP contribution in [0.2, 0.25) is 0 Å². The van der Waals surface area contributed by atoms with Crippen LogP contribution in [0.1, 0.15) is 48.3 Å². The molecule has 0 saturated carbocycles. The highest BCUT2D eigenvalue weighted by molar-refractivity contribution is 7.21. The van der Waals surface area contributed by atoms with Gasteiger partial charge in [0.05, 0.1) is 5.69 Å². The summed E-state index contributed by atoms with van der Waals surface area (Å²) in [4.78, 5) is 22.8. The van der Waals surface area contributed by atoms with Gasteiger partial charge >= 0.3 is 5.97 Å². The van der Waals surface area contributed by atoms with Crippen molar-refractivity contribution < 1.29 is 14.7 Å². The van der Waals surface area contributed by atoms with Crippen molar-refractivity contribution in [2.45, 2.75) is 33.1 Å². The average Bonchev–Trinajstić information content (AvgIpc) is 2.75. The molecule has 20 heavy (non-hydrogen) atoms. The highest BCUT2D eigenvalue weighted by Crippen LogP contribution is 2.37. The van der Waals surface area contributed by atoms with Crippen LogP contribution in [0.4, 0.5) is 5.69 Å². The second kappa shape index (κ2) is 5.63. The molecule has 0 fully saturated rings. The molecule has 1 amide bonds. The van der Waals surface area contributed by atoms with Gasteiger partial charge in [-0.3, -0.25) is 4.79 Å². The molecule has 0 spiro atoms. The van der Waals surface area contributed by atoms with E-state index in [-0.39, 0.29) is 10.8 Å². The minimum atomic E-state index is -1.01. The fourth-order valence-corrected chi connectivity index (χ4v) is 3.09. The smallest absolute Gasteiger partial charge is 0.348 e. The Hall–Kier alpha value is -1.88. The Morgan fingerprint density at radius 1 is 1.40 bits per heavy atom. The van der Waals surface area contributed by atoms with E-state index in [1.54, 1.807) is 0 Å². The van der Waals surface area contributed by atoms with Crippen LogP contribution < -0.4 is 5.32 Å². The molecule has 1 heterocycles. The van der Waals surface area contributed by atoms with Crippen molar-refractivity contribution in [3.05, 3.63) is 28.6 Å². The third-order valence-electron chi connectivity index (χ3n) is 3.39. The van der Waals surface area contributed by atoms with E-state index in [9.17, 15) is 14.7 Å². The Labute approximate surface area is 121 Å². The molecule has 1 aromatic heterocycles. The van der Waals surface area contributed by atoms with Gasteiger partial charge in [-0.25, -0.2) is 4.79 Å². The van der Waals surface area contributed by atoms with Gasteiger partial charge in [0.25, 0.3) is 0 Å². The maximum absolute atomic E-state index is 11.3. The Bertz CT molecular complexity index is 675. The number of hydrogen-bond donors (Lipinski definition) is 2. The van der Waals surface area contributed by atoms with Gasteiger partial charge in [0.2, 0.25) is 5.91 Å². The van der Waals surface area contributed by atoms with Gasteiger partial charge in [-0.05, 0) is 30.0 Å². The van der Waals surface area contributed by atoms with Crippen LogP contribution in [-0.2, 0) is 4.79 Å². The fraction of sp³-hybridized carbons (Fsp3) is 0.333. The van der Waals surface area contributed by atoms with E-state index in [0.717, 1.165) is 22.1 Å². The van der Waals surface area contributed by atoms with E-state index < -0.39 is 5.97 Å². The maximum Gasteiger partial charge on any atom is 0.348 e. The van der Waals surface area contributed by atoms with Crippen molar-refractivity contribution >= 4 is 39.0 Å². The Morgan fingerprint density at radius 3 is 2.65 bits per heavy atom. The van der Waals surface area contributed by atoms with Crippen LogP contribution >= 0.6 is 11.3 Å². The highest BCUT2D eigenvalue weighted by atomic mass is 32.1. The molecule has 2 N–H and O–H groups in total. The third kappa shape index (κ3) is 2.67. The van der Waals surface area contributed by atoms with E-state index in [2.05, 4.69) is 19.2 Å². The lowest BCUT2D eigenvalue weighted by molar-refractivity contribution is -0.114. The number of hydrogen-bond acceptors (Lipinski definition) is 3. The molecule has 0 aliphatic rings. The number of anilines is 1. The second-order valence-corrected chi connectivity index (χ2v) is 5.91. The van der Waals surface area contributed by atoms with Gasteiger partial charge in [0.1, 0.15) is 4.88 Å². The number of carboxylic acids is 1. The number of rotatable bonds is 4. The van der Waals surface area contributed by atoms with Crippen molar-refractivity contribution in [2.75, 3.05) is 5.32 Å². The minimum absolute atomic E-state index is 0.177. The summed E-state index contributed by atoms with van der Waals surface area (Å²) in [6.45, 7) is 5.62. The lowest BCUT2D eigenvalue weighted by Crippen LogP contribution is -2.08. The molecule has 0 aliphatic carbocycles. The van der Waals surface area contributed by atoms with Crippen LogP contribution in [0.25, 0.3) is 10.1 Å². The Balaban J connectivity index is 2.65. The van der Waals surface area contributed by atoms with Crippen molar-refractivity contribution in [1.29, 1.82) is 0 Å². The van der Waals surface area contributed by atoms with E-state index in [1.807, 2.05) is 18.2 Å². The molecular formula is C15H17NO3S. The van der Waals surface area contributed by atoms with E-state index in [0.29, 0.717) is 11.6 Å².